The number of rotatable bonds is 5. The number of nitrogens with one attached hydrogen (secondary N) is 2. The molecule has 3 amide bonds. The Hall–Kier alpha value is -2.54. The first-order chi connectivity index (χ1) is 13.5. The van der Waals surface area contributed by atoms with Crippen molar-refractivity contribution in [2.45, 2.75) is 26.2 Å². The minimum Gasteiger partial charge on any atom is -0.495 e. The Morgan fingerprint density at radius 1 is 1.18 bits per heavy atom. The summed E-state index contributed by atoms with van der Waals surface area (Å²) < 4.78 is 6.43. The van der Waals surface area contributed by atoms with Crippen molar-refractivity contribution in [2.75, 3.05) is 30.4 Å². The fraction of sp³-hybridized carbons (Fsp3) is 0.333. The molecule has 2 N–H and O–H groups in total. The number of nitrogens with zero attached hydrogens (tertiary/aromatic N) is 1. The highest BCUT2D eigenvalue weighted by Gasteiger charge is 2.26. The maximum absolute atomic E-state index is 12.8. The number of hydrogen-bond donors (Lipinski definition) is 2. The van der Waals surface area contributed by atoms with E-state index in [0.717, 1.165) is 28.8 Å². The van der Waals surface area contributed by atoms with Crippen molar-refractivity contribution in [1.82, 2.24) is 5.32 Å². The van der Waals surface area contributed by atoms with Crippen LogP contribution in [0.2, 0.25) is 0 Å². The zero-order chi connectivity index (χ0) is 20.1. The predicted molar refractivity (Wildman–Crippen MR) is 114 cm³/mol. The van der Waals surface area contributed by atoms with Crippen LogP contribution in [0.5, 0.6) is 5.75 Å². The summed E-state index contributed by atoms with van der Waals surface area (Å²) in [5.74, 6) is 0.698. The van der Waals surface area contributed by atoms with Crippen molar-refractivity contribution < 1.29 is 14.3 Å². The maximum atomic E-state index is 12.8. The Balaban J connectivity index is 1.58. The molecule has 0 radical (unpaired) electrons. The van der Waals surface area contributed by atoms with Crippen LogP contribution in [0, 0.1) is 6.92 Å². The van der Waals surface area contributed by atoms with E-state index >= 15 is 0 Å². The fourth-order valence-electron chi connectivity index (χ4n) is 3.39. The summed E-state index contributed by atoms with van der Waals surface area (Å²) in [7, 11) is 1.62. The Labute approximate surface area is 173 Å². The summed E-state index contributed by atoms with van der Waals surface area (Å²) in [4.78, 5) is 26.6. The van der Waals surface area contributed by atoms with Gasteiger partial charge in [0.05, 0.1) is 12.8 Å². The lowest BCUT2D eigenvalue weighted by Crippen LogP contribution is -2.39. The van der Waals surface area contributed by atoms with Crippen LogP contribution in [0.25, 0.3) is 0 Å². The third-order valence-corrected chi connectivity index (χ3v) is 5.33. The molecule has 1 aliphatic rings. The average Bonchev–Trinajstić information content (AvgIpc) is 2.70. The molecule has 0 spiro atoms. The Morgan fingerprint density at radius 2 is 1.93 bits per heavy atom. The van der Waals surface area contributed by atoms with Crippen molar-refractivity contribution in [3.05, 3.63) is 52.0 Å². The van der Waals surface area contributed by atoms with Gasteiger partial charge in [-0.1, -0.05) is 22.0 Å². The molecule has 0 saturated carbocycles. The van der Waals surface area contributed by atoms with Crippen molar-refractivity contribution in [2.24, 2.45) is 0 Å². The van der Waals surface area contributed by atoms with Gasteiger partial charge in [-0.2, -0.15) is 0 Å². The molecule has 1 aliphatic heterocycles. The van der Waals surface area contributed by atoms with Crippen molar-refractivity contribution in [3.8, 4) is 5.75 Å². The number of ether oxygens (including phenoxy) is 1. The second-order valence-electron chi connectivity index (χ2n) is 6.70. The van der Waals surface area contributed by atoms with Gasteiger partial charge in [0, 0.05) is 29.7 Å². The third kappa shape index (κ3) is 4.65. The average molecular weight is 446 g/mol. The fourth-order valence-corrected chi connectivity index (χ4v) is 3.66. The van der Waals surface area contributed by atoms with Crippen molar-refractivity contribution in [3.63, 3.8) is 0 Å². The number of urea groups is 1. The summed E-state index contributed by atoms with van der Waals surface area (Å²) in [5.41, 5.74) is 3.90. The smallest absolute Gasteiger partial charge is 0.319 e. The van der Waals surface area contributed by atoms with Crippen LogP contribution in [-0.4, -0.2) is 32.1 Å². The molecule has 0 bridgehead atoms. The lowest BCUT2D eigenvalue weighted by Gasteiger charge is -2.32. The number of methoxy groups -OCH3 is 1. The van der Waals surface area contributed by atoms with Gasteiger partial charge in [-0.05, 0) is 61.2 Å². The normalized spacial score (nSPS) is 12.9. The summed E-state index contributed by atoms with van der Waals surface area (Å²) in [6.45, 7) is 2.98. The number of benzene rings is 2. The molecule has 0 saturated heterocycles. The van der Waals surface area contributed by atoms with Crippen LogP contribution in [0.15, 0.2) is 40.9 Å². The monoisotopic (exact) mass is 445 g/mol. The summed E-state index contributed by atoms with van der Waals surface area (Å²) in [5, 5.41) is 5.49. The molecule has 0 unspecified atom stereocenters. The largest absolute Gasteiger partial charge is 0.495 e. The zero-order valence-corrected chi connectivity index (χ0v) is 17.6. The molecule has 0 atom stereocenters. The SMILES string of the molecule is COc1ccc(C)c2c1N(C(=O)CCNC(=O)Nc1ccc(Br)cc1)CCC2. The van der Waals surface area contributed by atoms with Crippen LogP contribution in [0.1, 0.15) is 24.0 Å². The quantitative estimate of drug-likeness (QED) is 0.721. The molecule has 2 aromatic carbocycles. The number of carbonyl (C=O) groups is 2. The van der Waals surface area contributed by atoms with E-state index in [2.05, 4.69) is 33.5 Å². The minimum absolute atomic E-state index is 0.0196. The van der Waals surface area contributed by atoms with E-state index in [1.54, 1.807) is 24.1 Å². The summed E-state index contributed by atoms with van der Waals surface area (Å²) in [6.07, 6.45) is 2.09. The van der Waals surface area contributed by atoms with Gasteiger partial charge in [0.15, 0.2) is 0 Å². The van der Waals surface area contributed by atoms with Gasteiger partial charge in [-0.25, -0.2) is 4.79 Å². The molecule has 0 aliphatic carbocycles. The summed E-state index contributed by atoms with van der Waals surface area (Å²) in [6, 6.07) is 10.9. The number of hydrogen-bond acceptors (Lipinski definition) is 3. The van der Waals surface area contributed by atoms with E-state index in [1.807, 2.05) is 24.3 Å². The van der Waals surface area contributed by atoms with Crippen LogP contribution < -0.4 is 20.3 Å². The van der Waals surface area contributed by atoms with Crippen molar-refractivity contribution >= 4 is 39.2 Å². The van der Waals surface area contributed by atoms with E-state index in [1.165, 1.54) is 11.1 Å². The number of aryl methyl sites for hydroxylation is 1. The van der Waals surface area contributed by atoms with E-state index in [4.69, 9.17) is 4.74 Å². The molecule has 148 valence electrons. The van der Waals surface area contributed by atoms with Crippen LogP contribution in [-0.2, 0) is 11.2 Å². The molecule has 6 nitrogen and oxygen atoms in total. The van der Waals surface area contributed by atoms with Crippen LogP contribution in [0.3, 0.4) is 0 Å². The molecular formula is C21H24BrN3O3. The standard InChI is InChI=1S/C21H24BrN3O3/c1-14-5-10-18(28-2)20-17(14)4-3-13-25(20)19(26)11-12-23-21(27)24-16-8-6-15(22)7-9-16/h5-10H,3-4,11-13H2,1-2H3,(H2,23,24,27). The van der Waals surface area contributed by atoms with E-state index < -0.39 is 0 Å². The van der Waals surface area contributed by atoms with Crippen molar-refractivity contribution in [1.29, 1.82) is 0 Å². The van der Waals surface area contributed by atoms with Gasteiger partial charge in [0.1, 0.15) is 5.75 Å². The van der Waals surface area contributed by atoms with Gasteiger partial charge in [-0.3, -0.25) is 4.79 Å². The number of fused-ring (bicyclic) bond motifs is 1. The van der Waals surface area contributed by atoms with Gasteiger partial charge >= 0.3 is 6.03 Å². The zero-order valence-electron chi connectivity index (χ0n) is 16.0. The molecule has 3 rings (SSSR count). The van der Waals surface area contributed by atoms with Crippen LogP contribution >= 0.6 is 15.9 Å². The first-order valence-electron chi connectivity index (χ1n) is 9.27. The van der Waals surface area contributed by atoms with Gasteiger partial charge in [0.25, 0.3) is 0 Å². The Morgan fingerprint density at radius 3 is 2.64 bits per heavy atom. The molecule has 1 heterocycles. The summed E-state index contributed by atoms with van der Waals surface area (Å²) >= 11 is 3.35. The molecular weight excluding hydrogens is 422 g/mol. The highest BCUT2D eigenvalue weighted by atomic mass is 79.9. The van der Waals surface area contributed by atoms with E-state index in [9.17, 15) is 9.59 Å². The predicted octanol–water partition coefficient (Wildman–Crippen LogP) is 4.26. The Bertz CT molecular complexity index is 868. The topological polar surface area (TPSA) is 70.7 Å². The third-order valence-electron chi connectivity index (χ3n) is 4.81. The first-order valence-corrected chi connectivity index (χ1v) is 10.1. The molecule has 28 heavy (non-hydrogen) atoms. The molecule has 2 aromatic rings. The lowest BCUT2D eigenvalue weighted by atomic mass is 9.96. The first kappa shape index (κ1) is 20.2. The second kappa shape index (κ2) is 9.10. The molecule has 7 heteroatoms. The number of carbonyl (C=O) groups excluding carboxylic acids is 2. The number of amides is 3. The molecule has 0 aromatic heterocycles. The van der Waals surface area contributed by atoms with E-state index in [-0.39, 0.29) is 24.9 Å². The highest BCUT2D eigenvalue weighted by Crippen LogP contribution is 2.38. The number of anilines is 2. The molecule has 0 fully saturated rings. The number of halogens is 1. The maximum Gasteiger partial charge on any atom is 0.319 e. The van der Waals surface area contributed by atoms with Gasteiger partial charge in [0.2, 0.25) is 5.91 Å². The highest BCUT2D eigenvalue weighted by molar-refractivity contribution is 9.10. The Kier molecular flexibility index (Phi) is 6.57. The van der Waals surface area contributed by atoms with Gasteiger partial charge in [-0.15, -0.1) is 0 Å². The second-order valence-corrected chi connectivity index (χ2v) is 7.61. The van der Waals surface area contributed by atoms with Gasteiger partial charge < -0.3 is 20.3 Å². The minimum atomic E-state index is -0.331. The van der Waals surface area contributed by atoms with Crippen LogP contribution in [0.4, 0.5) is 16.2 Å². The lowest BCUT2D eigenvalue weighted by molar-refractivity contribution is -0.118. The van der Waals surface area contributed by atoms with E-state index in [0.29, 0.717) is 12.2 Å².